The molecule has 1 saturated heterocycles. The van der Waals surface area contributed by atoms with Gasteiger partial charge in [-0.25, -0.2) is 4.39 Å². The molecular formula is C17H22FN3O3. The Labute approximate surface area is 140 Å². The highest BCUT2D eigenvalue weighted by Crippen LogP contribution is 2.10. The van der Waals surface area contributed by atoms with Gasteiger partial charge in [-0.2, -0.15) is 0 Å². The highest BCUT2D eigenvalue weighted by Gasteiger charge is 2.30. The van der Waals surface area contributed by atoms with E-state index in [4.69, 9.17) is 0 Å². The van der Waals surface area contributed by atoms with E-state index in [2.05, 4.69) is 10.6 Å². The summed E-state index contributed by atoms with van der Waals surface area (Å²) in [6, 6.07) is 4.46. The largest absolute Gasteiger partial charge is 0.354 e. The number of carbonyl (C=O) groups excluding carboxylic acids is 3. The van der Waals surface area contributed by atoms with E-state index in [-0.39, 0.29) is 24.2 Å². The Balaban J connectivity index is 2.07. The van der Waals surface area contributed by atoms with Crippen LogP contribution in [0.25, 0.3) is 0 Å². The van der Waals surface area contributed by atoms with Crippen LogP contribution in [0.3, 0.4) is 0 Å². The van der Waals surface area contributed by atoms with Gasteiger partial charge < -0.3 is 15.5 Å². The highest BCUT2D eigenvalue weighted by molar-refractivity contribution is 5.97. The molecule has 0 aliphatic carbocycles. The molecule has 2 rings (SSSR count). The minimum Gasteiger partial charge on any atom is -0.354 e. The van der Waals surface area contributed by atoms with Crippen molar-refractivity contribution < 1.29 is 18.8 Å². The van der Waals surface area contributed by atoms with Crippen LogP contribution in [0.4, 0.5) is 4.39 Å². The maximum Gasteiger partial charge on any atom is 0.251 e. The van der Waals surface area contributed by atoms with E-state index in [1.807, 2.05) is 13.8 Å². The number of nitrogens with one attached hydrogen (secondary N) is 2. The first-order valence-corrected chi connectivity index (χ1v) is 8.00. The summed E-state index contributed by atoms with van der Waals surface area (Å²) in [5.41, 5.74) is 0.294. The first-order chi connectivity index (χ1) is 11.4. The second-order valence-electron chi connectivity index (χ2n) is 6.13. The van der Waals surface area contributed by atoms with Crippen molar-refractivity contribution in [1.82, 2.24) is 15.5 Å². The van der Waals surface area contributed by atoms with Crippen molar-refractivity contribution in [3.8, 4) is 0 Å². The molecule has 0 bridgehead atoms. The minimum absolute atomic E-state index is 0.0817. The fourth-order valence-corrected chi connectivity index (χ4v) is 2.52. The van der Waals surface area contributed by atoms with E-state index < -0.39 is 17.8 Å². The monoisotopic (exact) mass is 335 g/mol. The molecule has 1 aromatic rings. The van der Waals surface area contributed by atoms with Crippen LogP contribution in [0.1, 0.15) is 30.6 Å². The molecule has 1 fully saturated rings. The average Bonchev–Trinajstić information content (AvgIpc) is 2.76. The Morgan fingerprint density at radius 3 is 2.50 bits per heavy atom. The van der Waals surface area contributed by atoms with Crippen LogP contribution < -0.4 is 10.6 Å². The zero-order valence-corrected chi connectivity index (χ0v) is 13.8. The summed E-state index contributed by atoms with van der Waals surface area (Å²) < 4.78 is 13.0. The van der Waals surface area contributed by atoms with Gasteiger partial charge in [0.25, 0.3) is 5.91 Å². The fraction of sp³-hybridized carbons (Fsp3) is 0.471. The molecule has 2 N–H and O–H groups in total. The lowest BCUT2D eigenvalue weighted by atomic mass is 10.0. The molecule has 6 nitrogen and oxygen atoms in total. The molecule has 0 saturated carbocycles. The van der Waals surface area contributed by atoms with E-state index in [1.165, 1.54) is 24.3 Å². The summed E-state index contributed by atoms with van der Waals surface area (Å²) in [4.78, 5) is 38.0. The van der Waals surface area contributed by atoms with Gasteiger partial charge in [0.05, 0.1) is 0 Å². The van der Waals surface area contributed by atoms with E-state index >= 15 is 0 Å². The normalized spacial score (nSPS) is 16.3. The van der Waals surface area contributed by atoms with E-state index in [0.717, 1.165) is 0 Å². The maximum atomic E-state index is 13.0. The fourth-order valence-electron chi connectivity index (χ4n) is 2.52. The zero-order valence-electron chi connectivity index (χ0n) is 13.8. The Morgan fingerprint density at radius 1 is 1.21 bits per heavy atom. The average molecular weight is 335 g/mol. The van der Waals surface area contributed by atoms with Crippen LogP contribution >= 0.6 is 0 Å². The SMILES string of the molecule is CC(C)[C@H](NC(=O)c1ccc(F)cc1)C(=O)N1CCNC(=O)CC1. The number of hydrogen-bond acceptors (Lipinski definition) is 3. The number of halogens is 1. The molecule has 24 heavy (non-hydrogen) atoms. The third-order valence-electron chi connectivity index (χ3n) is 3.95. The van der Waals surface area contributed by atoms with Crippen molar-refractivity contribution in [1.29, 1.82) is 0 Å². The predicted molar refractivity (Wildman–Crippen MR) is 86.7 cm³/mol. The molecular weight excluding hydrogens is 313 g/mol. The molecule has 1 heterocycles. The van der Waals surface area contributed by atoms with E-state index in [9.17, 15) is 18.8 Å². The maximum absolute atomic E-state index is 13.0. The molecule has 1 aromatic carbocycles. The van der Waals surface area contributed by atoms with Crippen molar-refractivity contribution >= 4 is 17.7 Å². The van der Waals surface area contributed by atoms with Gasteiger partial charge in [-0.3, -0.25) is 14.4 Å². The van der Waals surface area contributed by atoms with Gasteiger partial charge in [0.1, 0.15) is 11.9 Å². The first-order valence-electron chi connectivity index (χ1n) is 8.00. The summed E-state index contributed by atoms with van der Waals surface area (Å²) in [5, 5.41) is 5.44. The Kier molecular flexibility index (Phi) is 5.89. The summed E-state index contributed by atoms with van der Waals surface area (Å²) in [7, 11) is 0. The molecule has 0 radical (unpaired) electrons. The topological polar surface area (TPSA) is 78.5 Å². The number of rotatable bonds is 4. The Hall–Kier alpha value is -2.44. The van der Waals surface area contributed by atoms with E-state index in [0.29, 0.717) is 25.2 Å². The third kappa shape index (κ3) is 4.53. The van der Waals surface area contributed by atoms with Gasteiger partial charge >= 0.3 is 0 Å². The van der Waals surface area contributed by atoms with Crippen LogP contribution in [0.15, 0.2) is 24.3 Å². The summed E-state index contributed by atoms with van der Waals surface area (Å²) in [6.45, 7) is 4.84. The molecule has 0 unspecified atom stereocenters. The first kappa shape index (κ1) is 17.9. The van der Waals surface area contributed by atoms with Crippen LogP contribution in [-0.4, -0.2) is 48.3 Å². The molecule has 1 aliphatic heterocycles. The highest BCUT2D eigenvalue weighted by atomic mass is 19.1. The lowest BCUT2D eigenvalue weighted by Crippen LogP contribution is -2.52. The standard InChI is InChI=1S/C17H22FN3O3/c1-11(2)15(17(24)21-9-7-14(22)19-8-10-21)20-16(23)12-3-5-13(18)6-4-12/h3-6,11,15H,7-10H2,1-2H3,(H,19,22)(H,20,23)/t15-/m0/s1. The van der Waals surface area contributed by atoms with Gasteiger partial charge in [-0.05, 0) is 30.2 Å². The quantitative estimate of drug-likeness (QED) is 0.859. The number of hydrogen-bond donors (Lipinski definition) is 2. The summed E-state index contributed by atoms with van der Waals surface area (Å²) in [5.74, 6) is -1.26. The Morgan fingerprint density at radius 2 is 1.88 bits per heavy atom. The lowest BCUT2D eigenvalue weighted by Gasteiger charge is -2.28. The zero-order chi connectivity index (χ0) is 17.7. The lowest BCUT2D eigenvalue weighted by molar-refractivity contribution is -0.134. The Bertz CT molecular complexity index is 616. The van der Waals surface area contributed by atoms with Crippen LogP contribution in [0.5, 0.6) is 0 Å². The van der Waals surface area contributed by atoms with Crippen molar-refractivity contribution in [3.05, 3.63) is 35.6 Å². The third-order valence-corrected chi connectivity index (χ3v) is 3.95. The number of amides is 3. The molecule has 3 amide bonds. The minimum atomic E-state index is -0.698. The van der Waals surface area contributed by atoms with Crippen molar-refractivity contribution in [3.63, 3.8) is 0 Å². The number of nitrogens with zero attached hydrogens (tertiary/aromatic N) is 1. The second kappa shape index (κ2) is 7.90. The van der Waals surface area contributed by atoms with Gasteiger partial charge in [-0.1, -0.05) is 13.8 Å². The molecule has 1 atom stereocenters. The number of benzene rings is 1. The van der Waals surface area contributed by atoms with E-state index in [1.54, 1.807) is 4.90 Å². The van der Waals surface area contributed by atoms with Crippen LogP contribution in [0.2, 0.25) is 0 Å². The summed E-state index contributed by atoms with van der Waals surface area (Å²) in [6.07, 6.45) is 0.252. The van der Waals surface area contributed by atoms with Crippen molar-refractivity contribution in [2.45, 2.75) is 26.3 Å². The van der Waals surface area contributed by atoms with Gasteiger partial charge in [0.15, 0.2) is 0 Å². The number of carbonyl (C=O) groups is 3. The smallest absolute Gasteiger partial charge is 0.251 e. The summed E-state index contributed by atoms with van der Waals surface area (Å²) >= 11 is 0. The van der Waals surface area contributed by atoms with Crippen molar-refractivity contribution in [2.24, 2.45) is 5.92 Å². The van der Waals surface area contributed by atoms with Gasteiger partial charge in [-0.15, -0.1) is 0 Å². The molecule has 1 aliphatic rings. The second-order valence-corrected chi connectivity index (χ2v) is 6.13. The predicted octanol–water partition coefficient (Wildman–Crippen LogP) is 0.929. The van der Waals surface area contributed by atoms with Gasteiger partial charge in [0.2, 0.25) is 11.8 Å². The molecule has 7 heteroatoms. The van der Waals surface area contributed by atoms with Crippen molar-refractivity contribution in [2.75, 3.05) is 19.6 Å². The molecule has 130 valence electrons. The van der Waals surface area contributed by atoms with Crippen LogP contribution in [-0.2, 0) is 9.59 Å². The van der Waals surface area contributed by atoms with Gasteiger partial charge in [0, 0.05) is 31.6 Å². The molecule has 0 aromatic heterocycles. The van der Waals surface area contributed by atoms with Crippen LogP contribution in [0, 0.1) is 11.7 Å². The molecule has 0 spiro atoms.